The monoisotopic (exact) mass is 439 g/mol. The smallest absolute Gasteiger partial charge is 0.326 e. The Hall–Kier alpha value is -2.12. The second kappa shape index (κ2) is 12.5. The Morgan fingerprint density at radius 2 is 1.70 bits per heavy atom. The number of carbonyl (C=O) groups is 3. The summed E-state index contributed by atoms with van der Waals surface area (Å²) in [4.78, 5) is 36.1. The van der Waals surface area contributed by atoms with Crippen molar-refractivity contribution in [2.45, 2.75) is 58.0 Å². The number of hydrogen-bond donors (Lipinski definition) is 4. The first-order chi connectivity index (χ1) is 13.8. The molecule has 2 rings (SSSR count). The van der Waals surface area contributed by atoms with Crippen LogP contribution < -0.4 is 16.4 Å². The first kappa shape index (κ1) is 25.9. The van der Waals surface area contributed by atoms with Gasteiger partial charge < -0.3 is 21.5 Å². The molecule has 0 unspecified atom stereocenters. The molecule has 1 aromatic rings. The molecule has 1 fully saturated rings. The molecule has 0 saturated heterocycles. The van der Waals surface area contributed by atoms with Gasteiger partial charge in [-0.15, -0.1) is 12.4 Å². The van der Waals surface area contributed by atoms with Crippen LogP contribution in [0, 0.1) is 17.8 Å². The molecule has 0 aliphatic heterocycles. The van der Waals surface area contributed by atoms with Gasteiger partial charge in [0.05, 0.1) is 6.04 Å². The molecule has 0 aromatic heterocycles. The van der Waals surface area contributed by atoms with Crippen molar-refractivity contribution < 1.29 is 19.5 Å². The van der Waals surface area contributed by atoms with Crippen LogP contribution in [0.1, 0.15) is 45.1 Å². The second-order valence-electron chi connectivity index (χ2n) is 8.32. The van der Waals surface area contributed by atoms with E-state index in [4.69, 9.17) is 5.73 Å². The fourth-order valence-electron chi connectivity index (χ4n) is 3.63. The summed E-state index contributed by atoms with van der Waals surface area (Å²) in [6.07, 6.45) is 3.30. The van der Waals surface area contributed by atoms with E-state index in [-0.39, 0.29) is 42.5 Å². The van der Waals surface area contributed by atoms with Gasteiger partial charge >= 0.3 is 5.97 Å². The van der Waals surface area contributed by atoms with Gasteiger partial charge in [0.1, 0.15) is 6.04 Å². The molecule has 1 aromatic carbocycles. The summed E-state index contributed by atoms with van der Waals surface area (Å²) in [6.45, 7) is 4.39. The lowest BCUT2D eigenvalue weighted by Crippen LogP contribution is -2.47. The van der Waals surface area contributed by atoms with Gasteiger partial charge in [-0.25, -0.2) is 4.79 Å². The quantitative estimate of drug-likeness (QED) is 0.469. The summed E-state index contributed by atoms with van der Waals surface area (Å²) in [5.41, 5.74) is 6.72. The highest BCUT2D eigenvalue weighted by Gasteiger charge is 2.30. The summed E-state index contributed by atoms with van der Waals surface area (Å²) in [7, 11) is 0. The average Bonchev–Trinajstić information content (AvgIpc) is 2.71. The zero-order valence-electron chi connectivity index (χ0n) is 17.7. The molecule has 0 spiro atoms. The molecule has 8 heteroatoms. The largest absolute Gasteiger partial charge is 0.480 e. The zero-order valence-corrected chi connectivity index (χ0v) is 18.5. The van der Waals surface area contributed by atoms with Crippen LogP contribution in [-0.2, 0) is 20.8 Å². The van der Waals surface area contributed by atoms with Gasteiger partial charge in [0.25, 0.3) is 0 Å². The van der Waals surface area contributed by atoms with Crippen LogP contribution >= 0.6 is 12.4 Å². The number of carboxylic acid groups (broad SMARTS) is 1. The first-order valence-corrected chi connectivity index (χ1v) is 10.4. The minimum absolute atomic E-state index is 0. The van der Waals surface area contributed by atoms with Crippen LogP contribution in [0.5, 0.6) is 0 Å². The lowest BCUT2D eigenvalue weighted by molar-refractivity contribution is -0.142. The maximum absolute atomic E-state index is 12.6. The summed E-state index contributed by atoms with van der Waals surface area (Å²) >= 11 is 0. The Kier molecular flexibility index (Phi) is 10.8. The van der Waals surface area contributed by atoms with Gasteiger partial charge in [0, 0.05) is 18.9 Å². The van der Waals surface area contributed by atoms with E-state index in [1.54, 1.807) is 0 Å². The third-order valence-electron chi connectivity index (χ3n) is 5.70. The topological polar surface area (TPSA) is 122 Å². The summed E-state index contributed by atoms with van der Waals surface area (Å²) in [5.74, 6) is -1.13. The Morgan fingerprint density at radius 1 is 1.10 bits per heavy atom. The Morgan fingerprint density at radius 3 is 2.23 bits per heavy atom. The highest BCUT2D eigenvalue weighted by atomic mass is 35.5. The summed E-state index contributed by atoms with van der Waals surface area (Å²) in [5, 5.41) is 15.1. The van der Waals surface area contributed by atoms with Gasteiger partial charge in [-0.1, -0.05) is 44.2 Å². The predicted molar refractivity (Wildman–Crippen MR) is 118 cm³/mol. The van der Waals surface area contributed by atoms with Crippen LogP contribution in [0.2, 0.25) is 0 Å². The molecule has 2 amide bonds. The minimum Gasteiger partial charge on any atom is -0.480 e. The normalized spacial score (nSPS) is 20.5. The second-order valence-corrected chi connectivity index (χ2v) is 8.32. The van der Waals surface area contributed by atoms with Crippen LogP contribution in [0.15, 0.2) is 30.3 Å². The van der Waals surface area contributed by atoms with E-state index in [0.717, 1.165) is 18.4 Å². The number of aliphatic carboxylic acids is 1. The number of rotatable bonds is 9. The van der Waals surface area contributed by atoms with Gasteiger partial charge in [-0.2, -0.15) is 0 Å². The van der Waals surface area contributed by atoms with E-state index in [9.17, 15) is 19.5 Å². The summed E-state index contributed by atoms with van der Waals surface area (Å²) in [6, 6.07) is 7.84. The van der Waals surface area contributed by atoms with Gasteiger partial charge in [-0.3, -0.25) is 9.59 Å². The number of carbonyl (C=O) groups excluding carboxylic acids is 2. The van der Waals surface area contributed by atoms with Crippen LogP contribution in [0.25, 0.3) is 0 Å². The number of nitrogens with one attached hydrogen (secondary N) is 2. The molecular formula is C22H34ClN3O4. The highest BCUT2D eigenvalue weighted by molar-refractivity contribution is 5.85. The molecule has 5 N–H and O–H groups in total. The van der Waals surface area contributed by atoms with Crippen molar-refractivity contribution in [3.05, 3.63) is 35.9 Å². The fourth-order valence-corrected chi connectivity index (χ4v) is 3.63. The Balaban J connectivity index is 0.00000450. The number of halogens is 1. The highest BCUT2D eigenvalue weighted by Crippen LogP contribution is 2.28. The molecule has 2 atom stereocenters. The molecule has 0 radical (unpaired) electrons. The van der Waals surface area contributed by atoms with E-state index in [1.807, 2.05) is 44.2 Å². The molecule has 1 aliphatic carbocycles. The molecule has 1 aliphatic rings. The lowest BCUT2D eigenvalue weighted by Gasteiger charge is -2.29. The molecular weight excluding hydrogens is 406 g/mol. The fraction of sp³-hybridized carbons (Fsp3) is 0.591. The zero-order chi connectivity index (χ0) is 21.4. The number of amides is 2. The van der Waals surface area contributed by atoms with Crippen LogP contribution in [0.3, 0.4) is 0 Å². The van der Waals surface area contributed by atoms with E-state index in [1.165, 1.54) is 0 Å². The molecule has 1 saturated carbocycles. The predicted octanol–water partition coefficient (Wildman–Crippen LogP) is 2.13. The number of benzene rings is 1. The third kappa shape index (κ3) is 7.95. The molecule has 0 heterocycles. The van der Waals surface area contributed by atoms with E-state index < -0.39 is 18.1 Å². The number of hydrogen-bond acceptors (Lipinski definition) is 4. The van der Waals surface area contributed by atoms with Crippen molar-refractivity contribution in [3.63, 3.8) is 0 Å². The van der Waals surface area contributed by atoms with Crippen molar-refractivity contribution in [1.29, 1.82) is 0 Å². The lowest BCUT2D eigenvalue weighted by atomic mass is 9.81. The molecule has 0 bridgehead atoms. The van der Waals surface area contributed by atoms with Crippen molar-refractivity contribution in [3.8, 4) is 0 Å². The van der Waals surface area contributed by atoms with Crippen molar-refractivity contribution >= 4 is 30.2 Å². The third-order valence-corrected chi connectivity index (χ3v) is 5.70. The molecule has 7 nitrogen and oxygen atoms in total. The maximum Gasteiger partial charge on any atom is 0.326 e. The van der Waals surface area contributed by atoms with Gasteiger partial charge in [0.2, 0.25) is 11.8 Å². The maximum atomic E-state index is 12.6. The van der Waals surface area contributed by atoms with E-state index in [0.29, 0.717) is 25.3 Å². The first-order valence-electron chi connectivity index (χ1n) is 10.4. The standard InChI is InChI=1S/C22H33N3O4.ClH/c1-14(2)19(23)21(27)24-13-16-8-10-17(11-9-16)20(26)25-18(22(28)29)12-15-6-4-3-5-7-15;/h3-7,14,16-19H,8-13,23H2,1-2H3,(H,24,27)(H,25,26)(H,28,29);1H/t16?,17?,18-,19+;/m0./s1. The minimum atomic E-state index is -1.03. The number of carboxylic acids is 1. The Labute approximate surface area is 184 Å². The van der Waals surface area contributed by atoms with Crippen molar-refractivity contribution in [2.75, 3.05) is 6.54 Å². The molecule has 30 heavy (non-hydrogen) atoms. The SMILES string of the molecule is CC(C)[C@@H](N)C(=O)NCC1CCC(C(=O)N[C@@H](Cc2ccccc2)C(=O)O)CC1.Cl. The van der Waals surface area contributed by atoms with Gasteiger partial charge in [0.15, 0.2) is 0 Å². The van der Waals surface area contributed by atoms with Crippen LogP contribution in [0.4, 0.5) is 0 Å². The van der Waals surface area contributed by atoms with Crippen molar-refractivity contribution in [1.82, 2.24) is 10.6 Å². The molecule has 168 valence electrons. The van der Waals surface area contributed by atoms with E-state index >= 15 is 0 Å². The van der Waals surface area contributed by atoms with Crippen LogP contribution in [-0.4, -0.2) is 41.5 Å². The van der Waals surface area contributed by atoms with Gasteiger partial charge in [-0.05, 0) is 43.1 Å². The summed E-state index contributed by atoms with van der Waals surface area (Å²) < 4.78 is 0. The number of nitrogens with two attached hydrogens (primary N) is 1. The van der Waals surface area contributed by atoms with E-state index in [2.05, 4.69) is 10.6 Å². The Bertz CT molecular complexity index is 691. The van der Waals surface area contributed by atoms with Crippen molar-refractivity contribution in [2.24, 2.45) is 23.5 Å². The average molecular weight is 440 g/mol.